The minimum absolute atomic E-state index is 0.367. The summed E-state index contributed by atoms with van der Waals surface area (Å²) in [5, 5.41) is 3.67. The molecule has 2 fully saturated rings. The number of rotatable bonds is 3. The SMILES string of the molecule is Cc1ccccc1-c1cccc(OC2CC3CCC(C2)N3)c1. The third-order valence-electron chi connectivity index (χ3n) is 5.02. The molecule has 2 bridgehead atoms. The molecular formula is C20H23NO. The van der Waals surface area contributed by atoms with E-state index in [9.17, 15) is 0 Å². The van der Waals surface area contributed by atoms with Crippen molar-refractivity contribution < 1.29 is 4.74 Å². The van der Waals surface area contributed by atoms with Gasteiger partial charge in [0.1, 0.15) is 11.9 Å². The number of hydrogen-bond acceptors (Lipinski definition) is 2. The minimum Gasteiger partial charge on any atom is -0.490 e. The predicted molar refractivity (Wildman–Crippen MR) is 90.2 cm³/mol. The molecule has 0 aliphatic carbocycles. The smallest absolute Gasteiger partial charge is 0.120 e. The Morgan fingerprint density at radius 1 is 0.955 bits per heavy atom. The second-order valence-corrected chi connectivity index (χ2v) is 6.69. The Balaban J connectivity index is 1.54. The van der Waals surface area contributed by atoms with Crippen LogP contribution < -0.4 is 10.1 Å². The topological polar surface area (TPSA) is 21.3 Å². The third kappa shape index (κ3) is 2.76. The van der Waals surface area contributed by atoms with Crippen LogP contribution in [0, 0.1) is 6.92 Å². The first kappa shape index (κ1) is 13.8. The van der Waals surface area contributed by atoms with Gasteiger partial charge < -0.3 is 10.1 Å². The monoisotopic (exact) mass is 293 g/mol. The Morgan fingerprint density at radius 3 is 2.50 bits per heavy atom. The molecule has 2 heterocycles. The molecule has 0 saturated carbocycles. The fraction of sp³-hybridized carbons (Fsp3) is 0.400. The lowest BCUT2D eigenvalue weighted by molar-refractivity contribution is 0.137. The molecular weight excluding hydrogens is 270 g/mol. The van der Waals surface area contributed by atoms with Crippen LogP contribution in [0.4, 0.5) is 0 Å². The molecule has 0 spiro atoms. The molecule has 2 saturated heterocycles. The standard InChI is InChI=1S/C20H23NO/c1-14-5-2-3-8-20(14)15-6-4-7-18(11-15)22-19-12-16-9-10-17(13-19)21-16/h2-8,11,16-17,19,21H,9-10,12-13H2,1H3. The molecule has 2 aromatic carbocycles. The molecule has 2 aliphatic rings. The Kier molecular flexibility index (Phi) is 3.63. The summed E-state index contributed by atoms with van der Waals surface area (Å²) in [6, 6.07) is 18.4. The van der Waals surface area contributed by atoms with E-state index in [2.05, 4.69) is 60.8 Å². The van der Waals surface area contributed by atoms with Gasteiger partial charge in [0, 0.05) is 12.1 Å². The summed E-state index contributed by atoms with van der Waals surface area (Å²) >= 11 is 0. The highest BCUT2D eigenvalue weighted by atomic mass is 16.5. The largest absolute Gasteiger partial charge is 0.490 e. The van der Waals surface area contributed by atoms with E-state index in [0.717, 1.165) is 18.6 Å². The molecule has 1 N–H and O–H groups in total. The maximum atomic E-state index is 6.30. The number of benzene rings is 2. The molecule has 0 aromatic heterocycles. The van der Waals surface area contributed by atoms with Gasteiger partial charge in [-0.15, -0.1) is 0 Å². The maximum absolute atomic E-state index is 6.30. The fourth-order valence-corrected chi connectivity index (χ4v) is 3.93. The summed E-state index contributed by atoms with van der Waals surface area (Å²) < 4.78 is 6.30. The van der Waals surface area contributed by atoms with Crippen LogP contribution in [0.2, 0.25) is 0 Å². The van der Waals surface area contributed by atoms with Gasteiger partial charge in [-0.2, -0.15) is 0 Å². The average molecular weight is 293 g/mol. The fourth-order valence-electron chi connectivity index (χ4n) is 3.93. The van der Waals surface area contributed by atoms with Crippen molar-refractivity contribution in [1.29, 1.82) is 0 Å². The van der Waals surface area contributed by atoms with Gasteiger partial charge in [-0.3, -0.25) is 0 Å². The van der Waals surface area contributed by atoms with Crippen molar-refractivity contribution in [3.8, 4) is 16.9 Å². The van der Waals surface area contributed by atoms with E-state index in [0.29, 0.717) is 18.2 Å². The van der Waals surface area contributed by atoms with E-state index < -0.39 is 0 Å². The van der Waals surface area contributed by atoms with Crippen molar-refractivity contribution >= 4 is 0 Å². The Bertz CT molecular complexity index is 654. The quantitative estimate of drug-likeness (QED) is 0.909. The summed E-state index contributed by atoms with van der Waals surface area (Å²) in [6.45, 7) is 2.16. The zero-order valence-corrected chi connectivity index (χ0v) is 13.1. The van der Waals surface area contributed by atoms with Crippen molar-refractivity contribution in [3.05, 3.63) is 54.1 Å². The zero-order valence-electron chi connectivity index (χ0n) is 13.1. The van der Waals surface area contributed by atoms with Crippen LogP contribution in [0.5, 0.6) is 5.75 Å². The van der Waals surface area contributed by atoms with Gasteiger partial charge in [-0.25, -0.2) is 0 Å². The first-order chi connectivity index (χ1) is 10.8. The Hall–Kier alpha value is -1.80. The van der Waals surface area contributed by atoms with Gasteiger partial charge in [-0.05, 0) is 61.4 Å². The summed E-state index contributed by atoms with van der Waals surface area (Å²) in [7, 11) is 0. The molecule has 0 amide bonds. The second-order valence-electron chi connectivity index (χ2n) is 6.69. The molecule has 114 valence electrons. The number of nitrogens with one attached hydrogen (secondary N) is 1. The first-order valence-corrected chi connectivity index (χ1v) is 8.37. The van der Waals surface area contributed by atoms with Crippen molar-refractivity contribution in [2.45, 2.75) is 50.8 Å². The van der Waals surface area contributed by atoms with Crippen LogP contribution in [0.3, 0.4) is 0 Å². The summed E-state index contributed by atoms with van der Waals surface area (Å²) in [5.74, 6) is 1.01. The van der Waals surface area contributed by atoms with Crippen LogP contribution in [0.1, 0.15) is 31.2 Å². The van der Waals surface area contributed by atoms with Crippen molar-refractivity contribution in [1.82, 2.24) is 5.32 Å². The van der Waals surface area contributed by atoms with Crippen LogP contribution in [0.25, 0.3) is 11.1 Å². The van der Waals surface area contributed by atoms with Crippen molar-refractivity contribution in [2.24, 2.45) is 0 Å². The number of fused-ring (bicyclic) bond motifs is 2. The van der Waals surface area contributed by atoms with Crippen LogP contribution in [-0.2, 0) is 0 Å². The van der Waals surface area contributed by atoms with Crippen LogP contribution in [0.15, 0.2) is 48.5 Å². The lowest BCUT2D eigenvalue weighted by Gasteiger charge is -2.29. The van der Waals surface area contributed by atoms with E-state index >= 15 is 0 Å². The van der Waals surface area contributed by atoms with Gasteiger partial charge in [0.05, 0.1) is 0 Å². The average Bonchev–Trinajstić information content (AvgIpc) is 2.87. The molecule has 0 radical (unpaired) electrons. The Labute approximate surface area is 132 Å². The second kappa shape index (κ2) is 5.77. The van der Waals surface area contributed by atoms with Gasteiger partial charge in [-0.1, -0.05) is 36.4 Å². The minimum atomic E-state index is 0.367. The molecule has 2 heteroatoms. The first-order valence-electron chi connectivity index (χ1n) is 8.37. The van der Waals surface area contributed by atoms with E-state index in [4.69, 9.17) is 4.74 Å². The highest BCUT2D eigenvalue weighted by Gasteiger charge is 2.34. The lowest BCUT2D eigenvalue weighted by atomic mass is 10.00. The highest BCUT2D eigenvalue weighted by molar-refractivity contribution is 5.68. The number of ether oxygens (including phenoxy) is 1. The summed E-state index contributed by atoms with van der Waals surface area (Å²) in [5.41, 5.74) is 3.84. The Morgan fingerprint density at radius 2 is 1.73 bits per heavy atom. The van der Waals surface area contributed by atoms with E-state index in [1.165, 1.54) is 29.5 Å². The summed E-state index contributed by atoms with van der Waals surface area (Å²) in [4.78, 5) is 0. The van der Waals surface area contributed by atoms with Crippen molar-refractivity contribution in [2.75, 3.05) is 0 Å². The van der Waals surface area contributed by atoms with E-state index in [1.807, 2.05) is 0 Å². The molecule has 2 aliphatic heterocycles. The van der Waals surface area contributed by atoms with E-state index in [-0.39, 0.29) is 0 Å². The van der Waals surface area contributed by atoms with Crippen LogP contribution in [-0.4, -0.2) is 18.2 Å². The molecule has 2 aromatic rings. The maximum Gasteiger partial charge on any atom is 0.120 e. The number of piperidine rings is 1. The predicted octanol–water partition coefficient (Wildman–Crippen LogP) is 4.32. The van der Waals surface area contributed by atoms with Gasteiger partial charge in [0.2, 0.25) is 0 Å². The molecule has 22 heavy (non-hydrogen) atoms. The van der Waals surface area contributed by atoms with Gasteiger partial charge in [0.25, 0.3) is 0 Å². The lowest BCUT2D eigenvalue weighted by Crippen LogP contribution is -2.42. The molecule has 2 atom stereocenters. The molecule has 2 unspecified atom stereocenters. The van der Waals surface area contributed by atoms with Gasteiger partial charge in [0.15, 0.2) is 0 Å². The third-order valence-corrected chi connectivity index (χ3v) is 5.02. The zero-order chi connectivity index (χ0) is 14.9. The summed E-state index contributed by atoms with van der Waals surface area (Å²) in [6.07, 6.45) is 5.28. The van der Waals surface area contributed by atoms with Crippen molar-refractivity contribution in [3.63, 3.8) is 0 Å². The van der Waals surface area contributed by atoms with Gasteiger partial charge >= 0.3 is 0 Å². The van der Waals surface area contributed by atoms with Crippen LogP contribution >= 0.6 is 0 Å². The number of aryl methyl sites for hydroxylation is 1. The highest BCUT2D eigenvalue weighted by Crippen LogP contribution is 2.31. The van der Waals surface area contributed by atoms with E-state index in [1.54, 1.807) is 0 Å². The molecule has 4 rings (SSSR count). The normalized spacial score (nSPS) is 26.9. The molecule has 2 nitrogen and oxygen atoms in total. The number of hydrogen-bond donors (Lipinski definition) is 1.